The standard InChI is InChI=1S/C14H23N3O2S.ClH/c1-10-13(11(2)19-16-10)8-20-9-14(18)17(3)12-4-6-15-7-5-12;/h12,15H,4-9H2,1-3H3;1H. The lowest BCUT2D eigenvalue weighted by molar-refractivity contribution is -0.129. The van der Waals surface area contributed by atoms with Gasteiger partial charge in [0.05, 0.1) is 11.4 Å². The van der Waals surface area contributed by atoms with Crippen LogP contribution in [-0.4, -0.2) is 47.9 Å². The first-order valence-corrected chi connectivity index (χ1v) is 8.21. The van der Waals surface area contributed by atoms with Crippen LogP contribution >= 0.6 is 24.2 Å². The Kier molecular flexibility index (Phi) is 7.56. The lowest BCUT2D eigenvalue weighted by Crippen LogP contribution is -2.44. The van der Waals surface area contributed by atoms with Crippen molar-refractivity contribution in [1.29, 1.82) is 0 Å². The molecule has 0 aromatic carbocycles. The molecule has 7 heteroatoms. The number of hydrogen-bond donors (Lipinski definition) is 1. The summed E-state index contributed by atoms with van der Waals surface area (Å²) in [6.07, 6.45) is 2.10. The van der Waals surface area contributed by atoms with Gasteiger partial charge in [-0.3, -0.25) is 4.79 Å². The fraction of sp³-hybridized carbons (Fsp3) is 0.714. The molecule has 0 atom stereocenters. The second-order valence-corrected chi connectivity index (χ2v) is 6.27. The lowest BCUT2D eigenvalue weighted by atomic mass is 10.1. The zero-order valence-electron chi connectivity index (χ0n) is 12.8. The maximum absolute atomic E-state index is 12.2. The fourth-order valence-corrected chi connectivity index (χ4v) is 3.54. The van der Waals surface area contributed by atoms with Crippen molar-refractivity contribution in [3.05, 3.63) is 17.0 Å². The van der Waals surface area contributed by atoms with Gasteiger partial charge in [-0.25, -0.2) is 0 Å². The number of aryl methyl sites for hydroxylation is 2. The summed E-state index contributed by atoms with van der Waals surface area (Å²) < 4.78 is 5.13. The van der Waals surface area contributed by atoms with Crippen LogP contribution in [0.25, 0.3) is 0 Å². The first-order valence-electron chi connectivity index (χ1n) is 7.05. The van der Waals surface area contributed by atoms with E-state index in [1.54, 1.807) is 11.8 Å². The quantitative estimate of drug-likeness (QED) is 0.894. The molecule has 2 rings (SSSR count). The van der Waals surface area contributed by atoms with Gasteiger partial charge in [0.15, 0.2) is 0 Å². The summed E-state index contributed by atoms with van der Waals surface area (Å²) in [5.41, 5.74) is 2.04. The van der Waals surface area contributed by atoms with Crippen LogP contribution in [0.3, 0.4) is 0 Å². The maximum Gasteiger partial charge on any atom is 0.232 e. The Bertz CT molecular complexity index is 442. The molecule has 0 unspecified atom stereocenters. The average Bonchev–Trinajstić information content (AvgIpc) is 2.79. The highest BCUT2D eigenvalue weighted by Gasteiger charge is 2.21. The molecular weight excluding hydrogens is 310 g/mol. The zero-order valence-corrected chi connectivity index (χ0v) is 14.5. The maximum atomic E-state index is 12.2. The van der Waals surface area contributed by atoms with E-state index in [9.17, 15) is 4.79 Å². The van der Waals surface area contributed by atoms with E-state index in [0.717, 1.165) is 48.7 Å². The van der Waals surface area contributed by atoms with E-state index in [1.807, 2.05) is 25.8 Å². The molecule has 1 N–H and O–H groups in total. The number of carbonyl (C=O) groups is 1. The van der Waals surface area contributed by atoms with E-state index in [4.69, 9.17) is 4.52 Å². The highest BCUT2D eigenvalue weighted by Crippen LogP contribution is 2.20. The van der Waals surface area contributed by atoms with Crippen molar-refractivity contribution >= 4 is 30.1 Å². The third-order valence-electron chi connectivity index (χ3n) is 3.90. The van der Waals surface area contributed by atoms with Gasteiger partial charge in [-0.15, -0.1) is 24.2 Å². The second-order valence-electron chi connectivity index (χ2n) is 5.28. The molecule has 1 aromatic heterocycles. The average molecular weight is 334 g/mol. The largest absolute Gasteiger partial charge is 0.361 e. The number of nitrogens with one attached hydrogen (secondary N) is 1. The van der Waals surface area contributed by atoms with Crippen LogP contribution < -0.4 is 5.32 Å². The molecule has 2 heterocycles. The molecule has 120 valence electrons. The molecule has 1 aliphatic heterocycles. The number of thioether (sulfide) groups is 1. The molecule has 21 heavy (non-hydrogen) atoms. The minimum absolute atomic E-state index is 0. The topological polar surface area (TPSA) is 58.4 Å². The van der Waals surface area contributed by atoms with Gasteiger partial charge in [0.1, 0.15) is 5.76 Å². The van der Waals surface area contributed by atoms with Crippen LogP contribution in [0.2, 0.25) is 0 Å². The fourth-order valence-electron chi connectivity index (χ4n) is 2.45. The van der Waals surface area contributed by atoms with Gasteiger partial charge in [-0.05, 0) is 39.8 Å². The molecule has 0 saturated carbocycles. The molecule has 5 nitrogen and oxygen atoms in total. The van der Waals surface area contributed by atoms with E-state index in [2.05, 4.69) is 10.5 Å². The summed E-state index contributed by atoms with van der Waals surface area (Å²) in [7, 11) is 1.93. The van der Waals surface area contributed by atoms with E-state index in [1.165, 1.54) is 0 Å². The Morgan fingerprint density at radius 3 is 2.67 bits per heavy atom. The van der Waals surface area contributed by atoms with E-state index in [0.29, 0.717) is 11.8 Å². The SMILES string of the molecule is Cc1noc(C)c1CSCC(=O)N(C)C1CCNCC1.Cl. The molecule has 1 aromatic rings. The van der Waals surface area contributed by atoms with E-state index < -0.39 is 0 Å². The molecule has 1 saturated heterocycles. The Balaban J connectivity index is 0.00000220. The lowest BCUT2D eigenvalue weighted by Gasteiger charge is -2.31. The van der Waals surface area contributed by atoms with Gasteiger partial charge in [0.25, 0.3) is 0 Å². The Morgan fingerprint density at radius 1 is 1.43 bits per heavy atom. The highest BCUT2D eigenvalue weighted by atomic mass is 35.5. The predicted octanol–water partition coefficient (Wildman–Crippen LogP) is 2.16. The number of hydrogen-bond acceptors (Lipinski definition) is 5. The molecule has 1 amide bonds. The van der Waals surface area contributed by atoms with Gasteiger partial charge in [-0.1, -0.05) is 5.16 Å². The van der Waals surface area contributed by atoms with Crippen LogP contribution in [0.5, 0.6) is 0 Å². The van der Waals surface area contributed by atoms with Crippen molar-refractivity contribution in [3.63, 3.8) is 0 Å². The summed E-state index contributed by atoms with van der Waals surface area (Å²) in [6.45, 7) is 5.87. The summed E-state index contributed by atoms with van der Waals surface area (Å²) >= 11 is 1.63. The summed E-state index contributed by atoms with van der Waals surface area (Å²) in [5, 5.41) is 7.25. The van der Waals surface area contributed by atoms with Crippen molar-refractivity contribution in [2.45, 2.75) is 38.5 Å². The van der Waals surface area contributed by atoms with Crippen molar-refractivity contribution in [2.24, 2.45) is 0 Å². The van der Waals surface area contributed by atoms with Crippen LogP contribution in [0.15, 0.2) is 4.52 Å². The molecule has 0 bridgehead atoms. The third-order valence-corrected chi connectivity index (χ3v) is 4.85. The zero-order chi connectivity index (χ0) is 14.5. The van der Waals surface area contributed by atoms with Gasteiger partial charge in [0, 0.05) is 24.4 Å². The van der Waals surface area contributed by atoms with Crippen molar-refractivity contribution < 1.29 is 9.32 Å². The van der Waals surface area contributed by atoms with Crippen LogP contribution in [0.1, 0.15) is 29.9 Å². The van der Waals surface area contributed by atoms with Crippen LogP contribution in [-0.2, 0) is 10.5 Å². The Morgan fingerprint density at radius 2 is 2.10 bits per heavy atom. The van der Waals surface area contributed by atoms with E-state index >= 15 is 0 Å². The van der Waals surface area contributed by atoms with Gasteiger partial charge >= 0.3 is 0 Å². The number of amides is 1. The molecule has 0 spiro atoms. The smallest absolute Gasteiger partial charge is 0.232 e. The minimum atomic E-state index is 0. The summed E-state index contributed by atoms with van der Waals surface area (Å²) in [4.78, 5) is 14.1. The summed E-state index contributed by atoms with van der Waals surface area (Å²) in [5.74, 6) is 2.38. The Hall–Kier alpha value is -0.720. The van der Waals surface area contributed by atoms with Gasteiger partial charge < -0.3 is 14.7 Å². The number of piperidine rings is 1. The third kappa shape index (κ3) is 4.90. The van der Waals surface area contributed by atoms with Crippen LogP contribution in [0, 0.1) is 13.8 Å². The molecule has 0 radical (unpaired) electrons. The number of nitrogens with zero attached hydrogens (tertiary/aromatic N) is 2. The minimum Gasteiger partial charge on any atom is -0.361 e. The number of aromatic nitrogens is 1. The van der Waals surface area contributed by atoms with E-state index in [-0.39, 0.29) is 18.3 Å². The molecule has 0 aliphatic carbocycles. The van der Waals surface area contributed by atoms with Gasteiger partial charge in [-0.2, -0.15) is 0 Å². The van der Waals surface area contributed by atoms with Crippen LogP contribution in [0.4, 0.5) is 0 Å². The number of halogens is 1. The van der Waals surface area contributed by atoms with Crippen molar-refractivity contribution in [2.75, 3.05) is 25.9 Å². The monoisotopic (exact) mass is 333 g/mol. The predicted molar refractivity (Wildman–Crippen MR) is 88.0 cm³/mol. The number of rotatable bonds is 5. The molecule has 1 fully saturated rings. The molecular formula is C14H24ClN3O2S. The number of carbonyl (C=O) groups excluding carboxylic acids is 1. The van der Waals surface area contributed by atoms with Gasteiger partial charge in [0.2, 0.25) is 5.91 Å². The normalized spacial score (nSPS) is 15.6. The first kappa shape index (κ1) is 18.3. The summed E-state index contributed by atoms with van der Waals surface area (Å²) in [6, 6.07) is 0.392. The highest BCUT2D eigenvalue weighted by molar-refractivity contribution is 7.99. The second kappa shape index (κ2) is 8.66. The van der Waals surface area contributed by atoms with Crippen molar-refractivity contribution in [1.82, 2.24) is 15.4 Å². The molecule has 1 aliphatic rings. The Labute approximate surface area is 136 Å². The first-order chi connectivity index (χ1) is 9.59. The van der Waals surface area contributed by atoms with Crippen molar-refractivity contribution in [3.8, 4) is 0 Å².